The summed E-state index contributed by atoms with van der Waals surface area (Å²) in [5.41, 5.74) is 0. The van der Waals surface area contributed by atoms with Crippen molar-refractivity contribution in [2.75, 3.05) is 19.6 Å². The lowest BCUT2D eigenvalue weighted by Gasteiger charge is -2.35. The van der Waals surface area contributed by atoms with Crippen LogP contribution in [0.15, 0.2) is 6.33 Å². The molecule has 2 saturated heterocycles. The number of hydrogen-bond acceptors (Lipinski definition) is 4. The minimum Gasteiger partial charge on any atom is -0.336 e. The fourth-order valence-corrected chi connectivity index (χ4v) is 3.10. The molecule has 2 aliphatic rings. The van der Waals surface area contributed by atoms with Crippen molar-refractivity contribution in [3.8, 4) is 0 Å². The SMILES string of the molecule is O=C(c1ncn[nH]1)N1CCCC(C2CCCN2)C1. The Morgan fingerprint density at radius 3 is 3.06 bits per heavy atom. The third-order valence-electron chi connectivity index (χ3n) is 4.03. The zero-order valence-electron chi connectivity index (χ0n) is 10.4. The molecule has 18 heavy (non-hydrogen) atoms. The number of hydrogen-bond donors (Lipinski definition) is 2. The first-order valence-electron chi connectivity index (χ1n) is 6.72. The summed E-state index contributed by atoms with van der Waals surface area (Å²) >= 11 is 0. The lowest BCUT2D eigenvalue weighted by atomic mass is 9.90. The van der Waals surface area contributed by atoms with Crippen molar-refractivity contribution in [1.82, 2.24) is 25.4 Å². The molecular formula is C12H19N5O. The van der Waals surface area contributed by atoms with Gasteiger partial charge in [0.15, 0.2) is 0 Å². The smallest absolute Gasteiger partial charge is 0.291 e. The summed E-state index contributed by atoms with van der Waals surface area (Å²) in [6, 6.07) is 0.593. The van der Waals surface area contributed by atoms with Gasteiger partial charge in [-0.3, -0.25) is 9.89 Å². The third kappa shape index (κ3) is 2.25. The molecule has 0 aliphatic carbocycles. The number of rotatable bonds is 2. The van der Waals surface area contributed by atoms with Crippen molar-refractivity contribution >= 4 is 5.91 Å². The van der Waals surface area contributed by atoms with Gasteiger partial charge >= 0.3 is 0 Å². The molecule has 3 heterocycles. The predicted molar refractivity (Wildman–Crippen MR) is 66.0 cm³/mol. The van der Waals surface area contributed by atoms with Crippen LogP contribution in [0.1, 0.15) is 36.3 Å². The van der Waals surface area contributed by atoms with E-state index in [0.717, 1.165) is 26.1 Å². The topological polar surface area (TPSA) is 73.9 Å². The Morgan fingerprint density at radius 1 is 1.39 bits per heavy atom. The van der Waals surface area contributed by atoms with Crippen LogP contribution in [-0.4, -0.2) is 51.7 Å². The van der Waals surface area contributed by atoms with E-state index < -0.39 is 0 Å². The Morgan fingerprint density at radius 2 is 2.33 bits per heavy atom. The van der Waals surface area contributed by atoms with E-state index >= 15 is 0 Å². The number of amides is 1. The van der Waals surface area contributed by atoms with Gasteiger partial charge in [0, 0.05) is 19.1 Å². The number of likely N-dealkylation sites (tertiary alicyclic amines) is 1. The first kappa shape index (κ1) is 11.6. The van der Waals surface area contributed by atoms with Crippen LogP contribution in [0.4, 0.5) is 0 Å². The molecule has 0 bridgehead atoms. The highest BCUT2D eigenvalue weighted by Crippen LogP contribution is 2.25. The molecule has 3 rings (SSSR count). The molecule has 2 atom stereocenters. The molecule has 0 radical (unpaired) electrons. The van der Waals surface area contributed by atoms with E-state index in [1.807, 2.05) is 4.90 Å². The average Bonchev–Trinajstić information content (AvgIpc) is 3.11. The molecule has 0 spiro atoms. The molecule has 2 unspecified atom stereocenters. The van der Waals surface area contributed by atoms with Gasteiger partial charge in [0.2, 0.25) is 5.82 Å². The average molecular weight is 249 g/mol. The zero-order chi connectivity index (χ0) is 12.4. The van der Waals surface area contributed by atoms with Gasteiger partial charge in [-0.1, -0.05) is 0 Å². The molecule has 2 N–H and O–H groups in total. The molecule has 6 nitrogen and oxygen atoms in total. The van der Waals surface area contributed by atoms with E-state index in [0.29, 0.717) is 17.8 Å². The summed E-state index contributed by atoms with van der Waals surface area (Å²) in [6.45, 7) is 2.80. The molecule has 0 aromatic carbocycles. The van der Waals surface area contributed by atoms with E-state index in [2.05, 4.69) is 20.5 Å². The fourth-order valence-electron chi connectivity index (χ4n) is 3.10. The van der Waals surface area contributed by atoms with Crippen molar-refractivity contribution in [2.45, 2.75) is 31.7 Å². The number of carbonyl (C=O) groups excluding carboxylic acids is 1. The summed E-state index contributed by atoms with van der Waals surface area (Å²) < 4.78 is 0. The molecule has 1 aromatic heterocycles. The standard InChI is InChI=1S/C12H19N5O/c18-12(11-14-8-15-16-11)17-6-2-3-9(7-17)10-4-1-5-13-10/h8-10,13H,1-7H2,(H,14,15,16). The van der Waals surface area contributed by atoms with Crippen LogP contribution >= 0.6 is 0 Å². The van der Waals surface area contributed by atoms with Gasteiger partial charge in [0.25, 0.3) is 5.91 Å². The molecule has 0 saturated carbocycles. The van der Waals surface area contributed by atoms with E-state index in [9.17, 15) is 4.79 Å². The minimum absolute atomic E-state index is 0.0183. The number of nitrogens with one attached hydrogen (secondary N) is 2. The quantitative estimate of drug-likeness (QED) is 0.796. The van der Waals surface area contributed by atoms with Crippen LogP contribution in [0.2, 0.25) is 0 Å². The Labute approximate surface area is 106 Å². The largest absolute Gasteiger partial charge is 0.336 e. The fraction of sp³-hybridized carbons (Fsp3) is 0.750. The van der Waals surface area contributed by atoms with Crippen molar-refractivity contribution in [1.29, 1.82) is 0 Å². The van der Waals surface area contributed by atoms with Gasteiger partial charge in [0.05, 0.1) is 0 Å². The van der Waals surface area contributed by atoms with Gasteiger partial charge in [-0.2, -0.15) is 5.10 Å². The number of H-pyrrole nitrogens is 1. The van der Waals surface area contributed by atoms with E-state index in [4.69, 9.17) is 0 Å². The summed E-state index contributed by atoms with van der Waals surface area (Å²) in [4.78, 5) is 18.0. The Bertz CT molecular complexity index is 399. The molecular weight excluding hydrogens is 230 g/mol. The van der Waals surface area contributed by atoms with Crippen molar-refractivity contribution in [2.24, 2.45) is 5.92 Å². The second-order valence-corrected chi connectivity index (χ2v) is 5.19. The van der Waals surface area contributed by atoms with Crippen molar-refractivity contribution < 1.29 is 4.79 Å². The molecule has 2 fully saturated rings. The maximum absolute atomic E-state index is 12.2. The van der Waals surface area contributed by atoms with E-state index in [-0.39, 0.29) is 5.91 Å². The first-order chi connectivity index (χ1) is 8.84. The summed E-state index contributed by atoms with van der Waals surface area (Å²) in [6.07, 6.45) is 6.19. The number of aromatic amines is 1. The number of nitrogens with zero attached hydrogens (tertiary/aromatic N) is 3. The van der Waals surface area contributed by atoms with Gasteiger partial charge in [-0.05, 0) is 38.1 Å². The van der Waals surface area contributed by atoms with Gasteiger partial charge in [-0.15, -0.1) is 0 Å². The summed E-state index contributed by atoms with van der Waals surface area (Å²) in [5.74, 6) is 0.929. The van der Waals surface area contributed by atoms with E-state index in [1.165, 1.54) is 25.6 Å². The molecule has 2 aliphatic heterocycles. The maximum atomic E-state index is 12.2. The van der Waals surface area contributed by atoms with E-state index in [1.54, 1.807) is 0 Å². The predicted octanol–water partition coefficient (Wildman–Crippen LogP) is 0.409. The summed E-state index contributed by atoms with van der Waals surface area (Å²) in [7, 11) is 0. The third-order valence-corrected chi connectivity index (χ3v) is 4.03. The lowest BCUT2D eigenvalue weighted by molar-refractivity contribution is 0.0639. The zero-order valence-corrected chi connectivity index (χ0v) is 10.4. The molecule has 6 heteroatoms. The number of carbonyl (C=O) groups is 1. The number of piperidine rings is 1. The number of aromatic nitrogens is 3. The van der Waals surface area contributed by atoms with Crippen molar-refractivity contribution in [3.05, 3.63) is 12.2 Å². The van der Waals surface area contributed by atoms with Gasteiger partial charge < -0.3 is 10.2 Å². The molecule has 98 valence electrons. The van der Waals surface area contributed by atoms with Crippen LogP contribution in [-0.2, 0) is 0 Å². The lowest BCUT2D eigenvalue weighted by Crippen LogP contribution is -2.46. The highest BCUT2D eigenvalue weighted by Gasteiger charge is 2.31. The second-order valence-electron chi connectivity index (χ2n) is 5.19. The van der Waals surface area contributed by atoms with Gasteiger partial charge in [-0.25, -0.2) is 4.98 Å². The highest BCUT2D eigenvalue weighted by molar-refractivity contribution is 5.90. The second kappa shape index (κ2) is 5.06. The Kier molecular flexibility index (Phi) is 3.27. The van der Waals surface area contributed by atoms with Crippen LogP contribution in [0, 0.1) is 5.92 Å². The first-order valence-corrected chi connectivity index (χ1v) is 6.72. The normalized spacial score (nSPS) is 28.6. The van der Waals surface area contributed by atoms with Crippen LogP contribution in [0.3, 0.4) is 0 Å². The summed E-state index contributed by atoms with van der Waals surface area (Å²) in [5, 5.41) is 9.94. The Balaban J connectivity index is 1.64. The molecule has 1 amide bonds. The minimum atomic E-state index is -0.0183. The van der Waals surface area contributed by atoms with Crippen LogP contribution < -0.4 is 5.32 Å². The van der Waals surface area contributed by atoms with Crippen molar-refractivity contribution in [3.63, 3.8) is 0 Å². The molecule has 1 aromatic rings. The van der Waals surface area contributed by atoms with Crippen LogP contribution in [0.5, 0.6) is 0 Å². The Hall–Kier alpha value is -1.43. The monoisotopic (exact) mass is 249 g/mol. The van der Waals surface area contributed by atoms with Gasteiger partial charge in [0.1, 0.15) is 6.33 Å². The highest BCUT2D eigenvalue weighted by atomic mass is 16.2. The maximum Gasteiger partial charge on any atom is 0.291 e. The van der Waals surface area contributed by atoms with Crippen LogP contribution in [0.25, 0.3) is 0 Å².